The van der Waals surface area contributed by atoms with Crippen LogP contribution in [0.25, 0.3) is 16.9 Å². The molecule has 0 saturated heterocycles. The third kappa shape index (κ3) is 3.96. The van der Waals surface area contributed by atoms with Crippen LogP contribution in [0.3, 0.4) is 0 Å². The van der Waals surface area contributed by atoms with Crippen molar-refractivity contribution < 1.29 is 9.53 Å². The highest BCUT2D eigenvalue weighted by atomic mass is 16.5. The number of carbonyl (C=O) groups is 1. The van der Waals surface area contributed by atoms with Gasteiger partial charge in [0.25, 0.3) is 0 Å². The molecule has 150 valence electrons. The molecule has 7 nitrogen and oxygen atoms in total. The molecule has 2 N–H and O–H groups in total. The first-order valence-corrected chi connectivity index (χ1v) is 9.93. The normalized spacial score (nSPS) is 13.2. The molecule has 5 rings (SSSR count). The average Bonchev–Trinajstić information content (AvgIpc) is 3.49. The molecule has 1 aliphatic rings. The van der Waals surface area contributed by atoms with Gasteiger partial charge in [-0.15, -0.1) is 0 Å². The molecule has 0 bridgehead atoms. The van der Waals surface area contributed by atoms with E-state index in [9.17, 15) is 4.79 Å². The smallest absolute Gasteiger partial charge is 0.411 e. The van der Waals surface area contributed by atoms with Crippen LogP contribution in [0.1, 0.15) is 18.4 Å². The summed E-state index contributed by atoms with van der Waals surface area (Å²) >= 11 is 0. The number of carbonyl (C=O) groups excluding carboxylic acids is 1. The topological polar surface area (TPSA) is 80.5 Å². The molecule has 0 aliphatic heterocycles. The first kappa shape index (κ1) is 18.2. The molecule has 30 heavy (non-hydrogen) atoms. The summed E-state index contributed by atoms with van der Waals surface area (Å²) in [5, 5.41) is 6.18. The monoisotopic (exact) mass is 399 g/mol. The number of benzene rings is 2. The maximum atomic E-state index is 12.0. The molecule has 2 aromatic carbocycles. The van der Waals surface area contributed by atoms with Gasteiger partial charge >= 0.3 is 6.09 Å². The summed E-state index contributed by atoms with van der Waals surface area (Å²) in [4.78, 5) is 21.0. The zero-order valence-corrected chi connectivity index (χ0v) is 16.3. The van der Waals surface area contributed by atoms with Crippen molar-refractivity contribution in [1.82, 2.24) is 14.4 Å². The van der Waals surface area contributed by atoms with Crippen LogP contribution in [-0.2, 0) is 11.3 Å². The van der Waals surface area contributed by atoms with Crippen molar-refractivity contribution in [2.24, 2.45) is 0 Å². The van der Waals surface area contributed by atoms with Gasteiger partial charge in [0.15, 0.2) is 11.5 Å². The molecule has 0 spiro atoms. The minimum atomic E-state index is -0.483. The first-order chi connectivity index (χ1) is 14.8. The second kappa shape index (κ2) is 7.87. The summed E-state index contributed by atoms with van der Waals surface area (Å²) in [6.45, 7) is 0.234. The van der Waals surface area contributed by atoms with Gasteiger partial charge in [0, 0.05) is 29.7 Å². The predicted molar refractivity (Wildman–Crippen MR) is 115 cm³/mol. The third-order valence-corrected chi connectivity index (χ3v) is 4.99. The number of nitrogens with zero attached hydrogens (tertiary/aromatic N) is 3. The zero-order valence-electron chi connectivity index (χ0n) is 16.3. The maximum Gasteiger partial charge on any atom is 0.411 e. The van der Waals surface area contributed by atoms with E-state index in [4.69, 9.17) is 4.74 Å². The Hall–Kier alpha value is -3.87. The predicted octanol–water partition coefficient (Wildman–Crippen LogP) is 4.72. The van der Waals surface area contributed by atoms with E-state index in [2.05, 4.69) is 20.6 Å². The average molecular weight is 399 g/mol. The number of imidazole rings is 1. The van der Waals surface area contributed by atoms with Crippen molar-refractivity contribution in [2.45, 2.75) is 25.5 Å². The van der Waals surface area contributed by atoms with Crippen LogP contribution < -0.4 is 10.6 Å². The Morgan fingerprint density at radius 2 is 1.87 bits per heavy atom. The van der Waals surface area contributed by atoms with E-state index in [1.807, 2.05) is 71.4 Å². The highest BCUT2D eigenvalue weighted by molar-refractivity contribution is 5.85. The van der Waals surface area contributed by atoms with Gasteiger partial charge < -0.3 is 10.1 Å². The van der Waals surface area contributed by atoms with E-state index < -0.39 is 6.09 Å². The van der Waals surface area contributed by atoms with E-state index in [0.717, 1.165) is 28.3 Å². The van der Waals surface area contributed by atoms with Gasteiger partial charge in [-0.05, 0) is 30.5 Å². The maximum absolute atomic E-state index is 12.0. The summed E-state index contributed by atoms with van der Waals surface area (Å²) in [5.74, 6) is 0.811. The Kier molecular flexibility index (Phi) is 4.77. The molecule has 2 aromatic heterocycles. The number of ether oxygens (including phenoxy) is 1. The highest BCUT2D eigenvalue weighted by Gasteiger charge is 2.23. The quantitative estimate of drug-likeness (QED) is 0.490. The summed E-state index contributed by atoms with van der Waals surface area (Å²) in [7, 11) is 0. The summed E-state index contributed by atoms with van der Waals surface area (Å²) < 4.78 is 7.29. The second-order valence-corrected chi connectivity index (χ2v) is 7.30. The Morgan fingerprint density at radius 3 is 2.63 bits per heavy atom. The number of hydrogen-bond donors (Lipinski definition) is 2. The number of amides is 1. The van der Waals surface area contributed by atoms with E-state index in [0.29, 0.717) is 11.7 Å². The van der Waals surface area contributed by atoms with Crippen molar-refractivity contribution in [2.75, 3.05) is 10.6 Å². The standard InChI is InChI=1S/C23H21N5O2/c29-23(30-15-16-4-2-1-3-5-16)27-19-8-6-17(7-9-19)20-14-25-22-21(26-18-10-11-18)24-12-13-28(20)22/h1-9,12-14,18H,10-11,15H2,(H,24,26)(H,27,29). The molecule has 1 saturated carbocycles. The van der Waals surface area contributed by atoms with Crippen LogP contribution >= 0.6 is 0 Å². The van der Waals surface area contributed by atoms with Crippen LogP contribution in [0.5, 0.6) is 0 Å². The molecule has 0 atom stereocenters. The van der Waals surface area contributed by atoms with E-state index in [1.54, 1.807) is 6.20 Å². The van der Waals surface area contributed by atoms with Crippen LogP contribution in [0.2, 0.25) is 0 Å². The Morgan fingerprint density at radius 1 is 1.07 bits per heavy atom. The molecular formula is C23H21N5O2. The Bertz CT molecular complexity index is 1170. The summed E-state index contributed by atoms with van der Waals surface area (Å²) in [6, 6.07) is 17.7. The first-order valence-electron chi connectivity index (χ1n) is 9.93. The number of aromatic nitrogens is 3. The van der Waals surface area contributed by atoms with Crippen molar-refractivity contribution >= 4 is 23.2 Å². The van der Waals surface area contributed by atoms with Gasteiger partial charge in [0.1, 0.15) is 6.61 Å². The van der Waals surface area contributed by atoms with Crippen molar-refractivity contribution in [3.8, 4) is 11.3 Å². The number of hydrogen-bond acceptors (Lipinski definition) is 5. The zero-order chi connectivity index (χ0) is 20.3. The number of rotatable bonds is 6. The van der Waals surface area contributed by atoms with E-state index in [-0.39, 0.29) is 6.61 Å². The number of fused-ring (bicyclic) bond motifs is 1. The molecule has 0 unspecified atom stereocenters. The summed E-state index contributed by atoms with van der Waals surface area (Å²) in [6.07, 6.45) is 7.40. The fourth-order valence-corrected chi connectivity index (χ4v) is 3.26. The van der Waals surface area contributed by atoms with Crippen LogP contribution in [0.15, 0.2) is 73.2 Å². The molecule has 1 amide bonds. The minimum absolute atomic E-state index is 0.234. The second-order valence-electron chi connectivity index (χ2n) is 7.30. The molecule has 0 radical (unpaired) electrons. The van der Waals surface area contributed by atoms with Crippen LogP contribution in [0, 0.1) is 0 Å². The fraction of sp³-hybridized carbons (Fsp3) is 0.174. The van der Waals surface area contributed by atoms with Gasteiger partial charge in [-0.3, -0.25) is 9.72 Å². The van der Waals surface area contributed by atoms with Crippen molar-refractivity contribution in [3.05, 3.63) is 78.8 Å². The van der Waals surface area contributed by atoms with E-state index >= 15 is 0 Å². The molecule has 4 aromatic rings. The Balaban J connectivity index is 1.27. The molecule has 2 heterocycles. The van der Waals surface area contributed by atoms with Crippen LogP contribution in [0.4, 0.5) is 16.3 Å². The molecule has 1 aliphatic carbocycles. The van der Waals surface area contributed by atoms with Crippen molar-refractivity contribution in [1.29, 1.82) is 0 Å². The molecular weight excluding hydrogens is 378 g/mol. The van der Waals surface area contributed by atoms with Gasteiger partial charge in [-0.25, -0.2) is 14.8 Å². The minimum Gasteiger partial charge on any atom is -0.444 e. The Labute approximate surface area is 173 Å². The highest BCUT2D eigenvalue weighted by Crippen LogP contribution is 2.28. The summed E-state index contributed by atoms with van der Waals surface area (Å²) in [5.41, 5.74) is 4.38. The SMILES string of the molecule is O=C(Nc1ccc(-c2cnc3c(NC4CC4)nccn23)cc1)OCc1ccccc1. The van der Waals surface area contributed by atoms with Gasteiger partial charge in [-0.1, -0.05) is 42.5 Å². The van der Waals surface area contributed by atoms with Gasteiger partial charge in [0.2, 0.25) is 0 Å². The lowest BCUT2D eigenvalue weighted by molar-refractivity contribution is 0.155. The van der Waals surface area contributed by atoms with Gasteiger partial charge in [-0.2, -0.15) is 0 Å². The lowest BCUT2D eigenvalue weighted by Crippen LogP contribution is -2.13. The molecule has 7 heteroatoms. The third-order valence-electron chi connectivity index (χ3n) is 4.99. The fourth-order valence-electron chi connectivity index (χ4n) is 3.26. The number of anilines is 2. The van der Waals surface area contributed by atoms with Gasteiger partial charge in [0.05, 0.1) is 11.9 Å². The molecule has 1 fully saturated rings. The number of nitrogens with one attached hydrogen (secondary N) is 2. The lowest BCUT2D eigenvalue weighted by atomic mass is 10.1. The largest absolute Gasteiger partial charge is 0.444 e. The van der Waals surface area contributed by atoms with Crippen LogP contribution in [-0.4, -0.2) is 26.5 Å². The van der Waals surface area contributed by atoms with Crippen molar-refractivity contribution in [3.63, 3.8) is 0 Å². The lowest BCUT2D eigenvalue weighted by Gasteiger charge is -2.09. The van der Waals surface area contributed by atoms with E-state index in [1.165, 1.54) is 12.8 Å².